The molecule has 1 heterocycles. The average molecular weight is 212 g/mol. The summed E-state index contributed by atoms with van der Waals surface area (Å²) in [5.74, 6) is 0.429. The smallest absolute Gasteiger partial charge is 0.244 e. The van der Waals surface area contributed by atoms with Gasteiger partial charge in [0.1, 0.15) is 6.54 Å². The molecule has 0 aromatic carbocycles. The van der Waals surface area contributed by atoms with E-state index in [-0.39, 0.29) is 12.5 Å². The first-order chi connectivity index (χ1) is 7.24. The molecule has 0 bridgehead atoms. The number of aliphatic imine (C=N–C) groups is 1. The molecular weight excluding hydrogens is 192 g/mol. The van der Waals surface area contributed by atoms with Gasteiger partial charge in [0, 0.05) is 19.6 Å². The van der Waals surface area contributed by atoms with Gasteiger partial charge < -0.3 is 16.0 Å². The summed E-state index contributed by atoms with van der Waals surface area (Å²) >= 11 is 0. The maximum atomic E-state index is 11.6. The van der Waals surface area contributed by atoms with E-state index in [0.29, 0.717) is 5.96 Å². The second kappa shape index (κ2) is 6.27. The number of carbonyl (C=O) groups is 1. The molecule has 1 rings (SSSR count). The summed E-state index contributed by atoms with van der Waals surface area (Å²) in [6, 6.07) is 0. The van der Waals surface area contributed by atoms with Gasteiger partial charge in [0.2, 0.25) is 5.91 Å². The third-order valence-electron chi connectivity index (χ3n) is 2.45. The van der Waals surface area contributed by atoms with E-state index in [4.69, 9.17) is 5.73 Å². The molecular formula is C10H20N4O. The van der Waals surface area contributed by atoms with Crippen LogP contribution in [0.3, 0.4) is 0 Å². The van der Waals surface area contributed by atoms with Crippen LogP contribution in [0.15, 0.2) is 4.99 Å². The normalized spacial score (nSPS) is 17.7. The van der Waals surface area contributed by atoms with Gasteiger partial charge in [-0.15, -0.1) is 0 Å². The summed E-state index contributed by atoms with van der Waals surface area (Å²) < 4.78 is 0. The number of carbonyl (C=O) groups excluding carboxylic acids is 1. The molecule has 1 aliphatic heterocycles. The lowest BCUT2D eigenvalue weighted by Gasteiger charge is -2.26. The Bertz CT molecular complexity index is 234. The molecule has 3 N–H and O–H groups in total. The van der Waals surface area contributed by atoms with Crippen molar-refractivity contribution in [1.82, 2.24) is 10.2 Å². The van der Waals surface area contributed by atoms with E-state index in [2.05, 4.69) is 10.3 Å². The topological polar surface area (TPSA) is 70.7 Å². The van der Waals surface area contributed by atoms with Gasteiger partial charge in [-0.2, -0.15) is 0 Å². The van der Waals surface area contributed by atoms with E-state index >= 15 is 0 Å². The van der Waals surface area contributed by atoms with Crippen LogP contribution in [0.1, 0.15) is 26.2 Å². The van der Waals surface area contributed by atoms with E-state index < -0.39 is 0 Å². The molecule has 0 aliphatic carbocycles. The predicted molar refractivity (Wildman–Crippen MR) is 60.6 cm³/mol. The van der Waals surface area contributed by atoms with Crippen LogP contribution in [0.2, 0.25) is 0 Å². The minimum atomic E-state index is 0.0792. The van der Waals surface area contributed by atoms with Gasteiger partial charge in [0.15, 0.2) is 5.96 Å². The van der Waals surface area contributed by atoms with Crippen molar-refractivity contribution in [1.29, 1.82) is 0 Å². The van der Waals surface area contributed by atoms with Gasteiger partial charge in [0.25, 0.3) is 0 Å². The Morgan fingerprint density at radius 2 is 2.07 bits per heavy atom. The monoisotopic (exact) mass is 212 g/mol. The van der Waals surface area contributed by atoms with E-state index in [1.807, 2.05) is 11.8 Å². The zero-order valence-corrected chi connectivity index (χ0v) is 9.33. The molecule has 1 aliphatic rings. The Labute approximate surface area is 90.7 Å². The Morgan fingerprint density at radius 3 is 2.67 bits per heavy atom. The van der Waals surface area contributed by atoms with E-state index in [0.717, 1.165) is 32.5 Å². The average Bonchev–Trinajstić information content (AvgIpc) is 2.27. The highest BCUT2D eigenvalue weighted by atomic mass is 16.2. The van der Waals surface area contributed by atoms with Gasteiger partial charge in [-0.1, -0.05) is 0 Å². The molecule has 0 unspecified atom stereocenters. The zero-order chi connectivity index (χ0) is 11.1. The number of guanidine groups is 1. The number of nitrogens with zero attached hydrogens (tertiary/aromatic N) is 2. The maximum absolute atomic E-state index is 11.6. The summed E-state index contributed by atoms with van der Waals surface area (Å²) in [4.78, 5) is 17.5. The van der Waals surface area contributed by atoms with Crippen molar-refractivity contribution in [2.75, 3.05) is 26.2 Å². The molecule has 0 aromatic rings. The van der Waals surface area contributed by atoms with Gasteiger partial charge in [-0.25, -0.2) is 4.99 Å². The van der Waals surface area contributed by atoms with Crippen molar-refractivity contribution in [3.8, 4) is 0 Å². The number of nitrogens with one attached hydrogen (secondary N) is 1. The molecule has 15 heavy (non-hydrogen) atoms. The largest absolute Gasteiger partial charge is 0.370 e. The molecule has 0 radical (unpaired) electrons. The molecule has 0 atom stereocenters. The molecule has 0 saturated carbocycles. The minimum Gasteiger partial charge on any atom is -0.370 e. The van der Waals surface area contributed by atoms with Gasteiger partial charge in [0.05, 0.1) is 0 Å². The first kappa shape index (κ1) is 11.8. The Kier molecular flexibility index (Phi) is 4.93. The molecule has 5 heteroatoms. The second-order valence-corrected chi connectivity index (χ2v) is 3.67. The van der Waals surface area contributed by atoms with E-state index in [1.54, 1.807) is 0 Å². The Morgan fingerprint density at radius 1 is 1.40 bits per heavy atom. The van der Waals surface area contributed by atoms with E-state index in [1.165, 1.54) is 6.42 Å². The van der Waals surface area contributed by atoms with Crippen molar-refractivity contribution in [2.24, 2.45) is 10.7 Å². The van der Waals surface area contributed by atoms with Crippen LogP contribution in [0.25, 0.3) is 0 Å². The SMILES string of the molecule is CCNC(N)=NCC(=O)N1CCCCC1. The van der Waals surface area contributed by atoms with Crippen molar-refractivity contribution >= 4 is 11.9 Å². The molecule has 1 saturated heterocycles. The predicted octanol–water partition coefficient (Wildman–Crippen LogP) is -0.0769. The van der Waals surface area contributed by atoms with Crippen molar-refractivity contribution in [2.45, 2.75) is 26.2 Å². The molecule has 86 valence electrons. The third-order valence-corrected chi connectivity index (χ3v) is 2.45. The van der Waals surface area contributed by atoms with E-state index in [9.17, 15) is 4.79 Å². The number of piperidine rings is 1. The third kappa shape index (κ3) is 4.18. The van der Waals surface area contributed by atoms with Crippen LogP contribution < -0.4 is 11.1 Å². The first-order valence-electron chi connectivity index (χ1n) is 5.55. The summed E-state index contributed by atoms with van der Waals surface area (Å²) in [5.41, 5.74) is 5.53. The summed E-state index contributed by atoms with van der Waals surface area (Å²) in [7, 11) is 0. The zero-order valence-electron chi connectivity index (χ0n) is 9.33. The number of amides is 1. The first-order valence-corrected chi connectivity index (χ1v) is 5.55. The molecule has 5 nitrogen and oxygen atoms in total. The summed E-state index contributed by atoms with van der Waals surface area (Å²) in [6.07, 6.45) is 3.45. The number of likely N-dealkylation sites (tertiary alicyclic amines) is 1. The maximum Gasteiger partial charge on any atom is 0.244 e. The Hall–Kier alpha value is -1.26. The van der Waals surface area contributed by atoms with Crippen LogP contribution >= 0.6 is 0 Å². The fourth-order valence-corrected chi connectivity index (χ4v) is 1.63. The number of rotatable bonds is 3. The lowest BCUT2D eigenvalue weighted by molar-refractivity contribution is -0.130. The molecule has 1 fully saturated rings. The fourth-order valence-electron chi connectivity index (χ4n) is 1.63. The van der Waals surface area contributed by atoms with Gasteiger partial charge in [-0.05, 0) is 26.2 Å². The Balaban J connectivity index is 2.31. The van der Waals surface area contributed by atoms with Crippen molar-refractivity contribution < 1.29 is 4.79 Å². The van der Waals surface area contributed by atoms with Crippen LogP contribution in [0, 0.1) is 0 Å². The summed E-state index contributed by atoms with van der Waals surface area (Å²) in [6.45, 7) is 4.58. The van der Waals surface area contributed by atoms with Crippen LogP contribution in [0.5, 0.6) is 0 Å². The lowest BCUT2D eigenvalue weighted by atomic mass is 10.1. The lowest BCUT2D eigenvalue weighted by Crippen LogP contribution is -2.38. The molecule has 0 spiro atoms. The molecule has 0 aromatic heterocycles. The van der Waals surface area contributed by atoms with Crippen molar-refractivity contribution in [3.05, 3.63) is 0 Å². The van der Waals surface area contributed by atoms with Gasteiger partial charge >= 0.3 is 0 Å². The molecule has 1 amide bonds. The number of hydrogen-bond acceptors (Lipinski definition) is 2. The minimum absolute atomic E-state index is 0.0792. The highest BCUT2D eigenvalue weighted by Gasteiger charge is 2.15. The summed E-state index contributed by atoms with van der Waals surface area (Å²) in [5, 5.41) is 2.86. The highest BCUT2D eigenvalue weighted by molar-refractivity contribution is 5.84. The fraction of sp³-hybridized carbons (Fsp3) is 0.800. The number of nitrogens with two attached hydrogens (primary N) is 1. The standard InChI is InChI=1S/C10H20N4O/c1-2-12-10(11)13-8-9(15)14-6-4-3-5-7-14/h2-8H2,1H3,(H3,11,12,13). The van der Waals surface area contributed by atoms with Gasteiger partial charge in [-0.3, -0.25) is 4.79 Å². The highest BCUT2D eigenvalue weighted by Crippen LogP contribution is 2.08. The second-order valence-electron chi connectivity index (χ2n) is 3.67. The van der Waals surface area contributed by atoms with Crippen LogP contribution in [-0.4, -0.2) is 42.9 Å². The quantitative estimate of drug-likeness (QED) is 0.508. The van der Waals surface area contributed by atoms with Crippen LogP contribution in [-0.2, 0) is 4.79 Å². The number of hydrogen-bond donors (Lipinski definition) is 2. The van der Waals surface area contributed by atoms with Crippen LogP contribution in [0.4, 0.5) is 0 Å². The van der Waals surface area contributed by atoms with Crippen molar-refractivity contribution in [3.63, 3.8) is 0 Å².